The van der Waals surface area contributed by atoms with Gasteiger partial charge in [0, 0.05) is 4.32 Å². The summed E-state index contributed by atoms with van der Waals surface area (Å²) in [4.78, 5) is 0. The Morgan fingerprint density at radius 1 is 0.524 bits per heavy atom. The summed E-state index contributed by atoms with van der Waals surface area (Å²) >= 11 is 4.27. The molecule has 8 aliphatic rings. The van der Waals surface area contributed by atoms with Gasteiger partial charge in [-0.05, 0) is 117 Å². The van der Waals surface area contributed by atoms with Gasteiger partial charge >= 0.3 is 0 Å². The molecule has 0 N–H and O–H groups in total. The fourth-order valence-corrected chi connectivity index (χ4v) is 11.0. The maximum absolute atomic E-state index is 4.27. The Labute approximate surface area is 138 Å². The summed E-state index contributed by atoms with van der Waals surface area (Å²) in [6.45, 7) is 0. The number of halogens is 1. The van der Waals surface area contributed by atoms with Crippen molar-refractivity contribution < 1.29 is 0 Å². The van der Waals surface area contributed by atoms with E-state index >= 15 is 0 Å². The minimum Gasteiger partial charge on any atom is -0.0853 e. The van der Waals surface area contributed by atoms with Gasteiger partial charge in [-0.15, -0.1) is 0 Å². The molecule has 0 nitrogen and oxygen atoms in total. The van der Waals surface area contributed by atoms with Crippen LogP contribution in [0.1, 0.15) is 77.0 Å². The van der Waals surface area contributed by atoms with E-state index in [4.69, 9.17) is 0 Å². The topological polar surface area (TPSA) is 0 Å². The van der Waals surface area contributed by atoms with Gasteiger partial charge in [0.2, 0.25) is 0 Å². The SMILES string of the molecule is BrC12C[C@H]3C[C@@H](C1)CC(C14CC5CC(CC(C5)C1)C4)(C3)C2. The van der Waals surface area contributed by atoms with Crippen LogP contribution in [0.25, 0.3) is 0 Å². The Kier molecular flexibility index (Phi) is 2.30. The van der Waals surface area contributed by atoms with Crippen molar-refractivity contribution in [1.82, 2.24) is 0 Å². The zero-order valence-corrected chi connectivity index (χ0v) is 14.8. The van der Waals surface area contributed by atoms with E-state index in [0.717, 1.165) is 40.4 Å². The quantitative estimate of drug-likeness (QED) is 0.514. The first-order valence-electron chi connectivity index (χ1n) is 9.74. The first kappa shape index (κ1) is 12.8. The summed E-state index contributed by atoms with van der Waals surface area (Å²) in [5, 5.41) is 0. The molecule has 8 saturated carbocycles. The van der Waals surface area contributed by atoms with E-state index in [9.17, 15) is 0 Å². The van der Waals surface area contributed by atoms with E-state index in [0.29, 0.717) is 4.32 Å². The molecule has 21 heavy (non-hydrogen) atoms. The van der Waals surface area contributed by atoms with Crippen molar-refractivity contribution >= 4 is 15.9 Å². The van der Waals surface area contributed by atoms with Crippen LogP contribution in [0.2, 0.25) is 0 Å². The highest BCUT2D eigenvalue weighted by Crippen LogP contribution is 2.76. The van der Waals surface area contributed by atoms with E-state index in [1.54, 1.807) is 64.2 Å². The maximum atomic E-state index is 4.27. The molecule has 0 amide bonds. The van der Waals surface area contributed by atoms with Crippen LogP contribution in [0, 0.1) is 40.4 Å². The lowest BCUT2D eigenvalue weighted by atomic mass is 9.35. The van der Waals surface area contributed by atoms with E-state index in [1.165, 1.54) is 12.8 Å². The third-order valence-corrected chi connectivity index (χ3v) is 10.1. The highest BCUT2D eigenvalue weighted by molar-refractivity contribution is 9.10. The second-order valence-electron chi connectivity index (χ2n) is 10.6. The summed E-state index contributed by atoms with van der Waals surface area (Å²) in [5.74, 6) is 5.57. The van der Waals surface area contributed by atoms with E-state index < -0.39 is 0 Å². The van der Waals surface area contributed by atoms with Crippen LogP contribution in [0.4, 0.5) is 0 Å². The molecule has 8 fully saturated rings. The Morgan fingerprint density at radius 3 is 1.43 bits per heavy atom. The van der Waals surface area contributed by atoms with Gasteiger partial charge in [0.25, 0.3) is 0 Å². The molecular weight excluding hydrogens is 320 g/mol. The van der Waals surface area contributed by atoms with Crippen LogP contribution < -0.4 is 0 Å². The minimum atomic E-state index is 0.570. The fourth-order valence-electron chi connectivity index (χ4n) is 9.53. The number of rotatable bonds is 1. The van der Waals surface area contributed by atoms with Gasteiger partial charge in [0.1, 0.15) is 0 Å². The smallest absolute Gasteiger partial charge is 0.0268 e. The average Bonchev–Trinajstić information content (AvgIpc) is 2.33. The van der Waals surface area contributed by atoms with E-state index in [-0.39, 0.29) is 0 Å². The van der Waals surface area contributed by atoms with Crippen molar-refractivity contribution in [1.29, 1.82) is 0 Å². The van der Waals surface area contributed by atoms with E-state index in [1.807, 2.05) is 0 Å². The average molecular weight is 349 g/mol. The number of alkyl halides is 1. The largest absolute Gasteiger partial charge is 0.0853 e. The Morgan fingerprint density at radius 2 is 0.952 bits per heavy atom. The van der Waals surface area contributed by atoms with Crippen molar-refractivity contribution in [2.45, 2.75) is 81.4 Å². The molecule has 1 heteroatoms. The van der Waals surface area contributed by atoms with Gasteiger partial charge in [-0.1, -0.05) is 15.9 Å². The first-order valence-corrected chi connectivity index (χ1v) is 10.5. The second kappa shape index (κ2) is 3.76. The summed E-state index contributed by atoms with van der Waals surface area (Å²) in [7, 11) is 0. The van der Waals surface area contributed by atoms with Gasteiger partial charge in [-0.2, -0.15) is 0 Å². The molecule has 0 aromatic carbocycles. The van der Waals surface area contributed by atoms with Crippen LogP contribution >= 0.6 is 15.9 Å². The van der Waals surface area contributed by atoms with Gasteiger partial charge in [-0.25, -0.2) is 0 Å². The van der Waals surface area contributed by atoms with Crippen LogP contribution in [-0.4, -0.2) is 4.32 Å². The van der Waals surface area contributed by atoms with Crippen molar-refractivity contribution in [3.05, 3.63) is 0 Å². The summed E-state index contributed by atoms with van der Waals surface area (Å²) < 4.78 is 0.570. The molecule has 116 valence electrons. The van der Waals surface area contributed by atoms with Crippen LogP contribution in [0.15, 0.2) is 0 Å². The standard InChI is InChI=1S/C20H29Br/c21-20-10-16-4-17(11-20)9-19(8-16,12-20)18-5-13-1-14(6-18)3-15(2-13)7-18/h13-17H,1-12H2/t13?,14?,15?,16-,17+,18?,19?,20?. The predicted molar refractivity (Wildman–Crippen MR) is 89.4 cm³/mol. The molecule has 2 unspecified atom stereocenters. The highest BCUT2D eigenvalue weighted by atomic mass is 79.9. The molecule has 0 aromatic heterocycles. The lowest BCUT2D eigenvalue weighted by Crippen LogP contribution is -2.63. The third-order valence-electron chi connectivity index (χ3n) is 9.15. The summed E-state index contributed by atoms with van der Waals surface area (Å²) in [5.41, 5.74) is 1.58. The lowest BCUT2D eigenvalue weighted by Gasteiger charge is -2.71. The molecule has 8 aliphatic carbocycles. The molecule has 8 rings (SSSR count). The molecule has 0 saturated heterocycles. The highest BCUT2D eigenvalue weighted by Gasteiger charge is 2.67. The molecule has 0 aliphatic heterocycles. The van der Waals surface area contributed by atoms with Gasteiger partial charge < -0.3 is 0 Å². The molecule has 4 atom stereocenters. The lowest BCUT2D eigenvalue weighted by molar-refractivity contribution is -0.192. The first-order chi connectivity index (χ1) is 10.1. The normalized spacial score (nSPS) is 67.0. The zero-order chi connectivity index (χ0) is 13.9. The predicted octanol–water partition coefficient (Wildman–Crippen LogP) is 5.94. The van der Waals surface area contributed by atoms with Gasteiger partial charge in [-0.3, -0.25) is 0 Å². The van der Waals surface area contributed by atoms with Gasteiger partial charge in [0.05, 0.1) is 0 Å². The van der Waals surface area contributed by atoms with Crippen LogP contribution in [0.3, 0.4) is 0 Å². The van der Waals surface area contributed by atoms with Crippen molar-refractivity contribution in [3.63, 3.8) is 0 Å². The minimum absolute atomic E-state index is 0.570. The Hall–Kier alpha value is 0.480. The Balaban J connectivity index is 1.45. The molecule has 0 aromatic rings. The molecular formula is C20H29Br. The van der Waals surface area contributed by atoms with Crippen LogP contribution in [0.5, 0.6) is 0 Å². The number of hydrogen-bond donors (Lipinski definition) is 0. The molecule has 8 bridgehead atoms. The van der Waals surface area contributed by atoms with Crippen LogP contribution in [-0.2, 0) is 0 Å². The second-order valence-corrected chi connectivity index (χ2v) is 12.3. The molecule has 0 heterocycles. The maximum Gasteiger partial charge on any atom is 0.0268 e. The van der Waals surface area contributed by atoms with Crippen molar-refractivity contribution in [2.75, 3.05) is 0 Å². The van der Waals surface area contributed by atoms with Crippen molar-refractivity contribution in [3.8, 4) is 0 Å². The fraction of sp³-hybridized carbons (Fsp3) is 1.00. The monoisotopic (exact) mass is 348 g/mol. The zero-order valence-electron chi connectivity index (χ0n) is 13.2. The Bertz CT molecular complexity index is 443. The third kappa shape index (κ3) is 1.58. The number of hydrogen-bond acceptors (Lipinski definition) is 0. The summed E-state index contributed by atoms with van der Waals surface area (Å²) in [6.07, 6.45) is 19.2. The van der Waals surface area contributed by atoms with Gasteiger partial charge in [0.15, 0.2) is 0 Å². The molecule has 0 spiro atoms. The van der Waals surface area contributed by atoms with E-state index in [2.05, 4.69) is 15.9 Å². The summed E-state index contributed by atoms with van der Waals surface area (Å²) in [6, 6.07) is 0. The molecule has 0 radical (unpaired) electrons. The van der Waals surface area contributed by atoms with Crippen molar-refractivity contribution in [2.24, 2.45) is 40.4 Å².